The lowest BCUT2D eigenvalue weighted by atomic mass is 9.83. The van der Waals surface area contributed by atoms with Gasteiger partial charge in [-0.2, -0.15) is 0 Å². The van der Waals surface area contributed by atoms with E-state index in [4.69, 9.17) is 14.2 Å². The third-order valence-electron chi connectivity index (χ3n) is 6.64. The van der Waals surface area contributed by atoms with Gasteiger partial charge in [-0.1, -0.05) is 51.2 Å². The van der Waals surface area contributed by atoms with Crippen molar-refractivity contribution >= 4 is 28.9 Å². The predicted molar refractivity (Wildman–Crippen MR) is 144 cm³/mol. The lowest BCUT2D eigenvalue weighted by Crippen LogP contribution is -2.38. The first-order valence-electron chi connectivity index (χ1n) is 12.4. The molecule has 4 rings (SSSR count). The van der Waals surface area contributed by atoms with Crippen LogP contribution in [0, 0.1) is 0 Å². The van der Waals surface area contributed by atoms with Crippen LogP contribution in [0.25, 0.3) is 0 Å². The molecule has 0 saturated carbocycles. The van der Waals surface area contributed by atoms with Crippen molar-refractivity contribution in [3.63, 3.8) is 0 Å². The number of benzene rings is 2. The summed E-state index contributed by atoms with van der Waals surface area (Å²) in [6.45, 7) is 12.3. The van der Waals surface area contributed by atoms with Gasteiger partial charge in [0.1, 0.15) is 22.8 Å². The Bertz CT molecular complexity index is 1220. The highest BCUT2D eigenvalue weighted by Crippen LogP contribution is 2.42. The fraction of sp³-hybridized carbons (Fsp3) is 0.414. The SMILES string of the molecule is C=CC(=O)Oc1cc2c(cc1C(C)(C)C)OC(C)(CCOc1ccc(CC3SC(=O)NC3=O)cc1)CC2. The molecule has 37 heavy (non-hydrogen) atoms. The number of thioether (sulfide) groups is 1. The maximum Gasteiger partial charge on any atom is 0.335 e. The summed E-state index contributed by atoms with van der Waals surface area (Å²) < 4.78 is 18.0. The van der Waals surface area contributed by atoms with E-state index in [-0.39, 0.29) is 27.4 Å². The first kappa shape index (κ1) is 26.8. The molecule has 1 N–H and O–H groups in total. The Morgan fingerprint density at radius 2 is 1.97 bits per heavy atom. The van der Waals surface area contributed by atoms with Crippen LogP contribution in [0.3, 0.4) is 0 Å². The summed E-state index contributed by atoms with van der Waals surface area (Å²) in [6, 6.07) is 11.5. The molecule has 196 valence electrons. The van der Waals surface area contributed by atoms with Crippen LogP contribution in [-0.4, -0.2) is 34.6 Å². The van der Waals surface area contributed by atoms with Crippen molar-refractivity contribution in [2.45, 2.75) is 69.6 Å². The molecule has 0 spiro atoms. The van der Waals surface area contributed by atoms with Gasteiger partial charge in [0.2, 0.25) is 5.91 Å². The minimum absolute atomic E-state index is 0.235. The average Bonchev–Trinajstić information content (AvgIpc) is 3.15. The van der Waals surface area contributed by atoms with Crippen molar-refractivity contribution in [3.8, 4) is 17.2 Å². The van der Waals surface area contributed by atoms with Crippen molar-refractivity contribution in [1.82, 2.24) is 5.32 Å². The zero-order valence-electron chi connectivity index (χ0n) is 21.7. The quantitative estimate of drug-likeness (QED) is 0.277. The van der Waals surface area contributed by atoms with E-state index in [9.17, 15) is 14.4 Å². The lowest BCUT2D eigenvalue weighted by molar-refractivity contribution is -0.129. The molecule has 2 unspecified atom stereocenters. The van der Waals surface area contributed by atoms with Gasteiger partial charge >= 0.3 is 5.97 Å². The Morgan fingerprint density at radius 1 is 1.24 bits per heavy atom. The highest BCUT2D eigenvalue weighted by molar-refractivity contribution is 8.15. The summed E-state index contributed by atoms with van der Waals surface area (Å²) in [4.78, 5) is 35.0. The van der Waals surface area contributed by atoms with E-state index in [0.29, 0.717) is 25.2 Å². The van der Waals surface area contributed by atoms with Gasteiger partial charge in [0.15, 0.2) is 0 Å². The van der Waals surface area contributed by atoms with E-state index in [0.717, 1.165) is 52.8 Å². The molecule has 7 nitrogen and oxygen atoms in total. The van der Waals surface area contributed by atoms with Crippen LogP contribution >= 0.6 is 11.8 Å². The molecular weight excluding hydrogens is 490 g/mol. The third-order valence-corrected chi connectivity index (χ3v) is 7.62. The van der Waals surface area contributed by atoms with Crippen LogP contribution in [0.4, 0.5) is 4.79 Å². The minimum Gasteiger partial charge on any atom is -0.493 e. The van der Waals surface area contributed by atoms with E-state index in [1.54, 1.807) is 0 Å². The molecule has 2 aromatic carbocycles. The number of amides is 2. The Morgan fingerprint density at radius 3 is 2.59 bits per heavy atom. The second-order valence-electron chi connectivity index (χ2n) is 10.7. The number of esters is 1. The van der Waals surface area contributed by atoms with Crippen LogP contribution in [0.2, 0.25) is 0 Å². The number of carbonyl (C=O) groups is 3. The number of rotatable bonds is 8. The van der Waals surface area contributed by atoms with Gasteiger partial charge in [0, 0.05) is 18.1 Å². The van der Waals surface area contributed by atoms with E-state index >= 15 is 0 Å². The summed E-state index contributed by atoms with van der Waals surface area (Å²) in [7, 11) is 0. The molecule has 0 aliphatic carbocycles. The second kappa shape index (κ2) is 10.6. The molecule has 2 amide bonds. The number of imide groups is 1. The molecule has 2 aromatic rings. The molecule has 1 saturated heterocycles. The first-order chi connectivity index (χ1) is 17.5. The maximum atomic E-state index is 11.9. The van der Waals surface area contributed by atoms with Gasteiger partial charge in [-0.25, -0.2) is 4.79 Å². The molecule has 0 aromatic heterocycles. The number of hydrogen-bond donors (Lipinski definition) is 1. The number of aryl methyl sites for hydroxylation is 1. The first-order valence-corrected chi connectivity index (χ1v) is 13.3. The zero-order valence-corrected chi connectivity index (χ0v) is 22.5. The third kappa shape index (κ3) is 6.55. The maximum absolute atomic E-state index is 11.9. The normalized spacial score (nSPS) is 21.0. The molecule has 0 bridgehead atoms. The summed E-state index contributed by atoms with van der Waals surface area (Å²) in [6.07, 6.45) is 3.99. The second-order valence-corrected chi connectivity index (χ2v) is 11.9. The number of carbonyl (C=O) groups excluding carboxylic acids is 3. The number of fused-ring (bicyclic) bond motifs is 1. The Kier molecular flexibility index (Phi) is 7.69. The summed E-state index contributed by atoms with van der Waals surface area (Å²) in [5.74, 6) is 1.39. The van der Waals surface area contributed by atoms with E-state index in [2.05, 4.69) is 39.6 Å². The fourth-order valence-electron chi connectivity index (χ4n) is 4.45. The van der Waals surface area contributed by atoms with Crippen LogP contribution in [0.1, 0.15) is 57.2 Å². The highest BCUT2D eigenvalue weighted by atomic mass is 32.2. The van der Waals surface area contributed by atoms with Gasteiger partial charge in [0.05, 0.1) is 11.9 Å². The molecule has 2 aliphatic heterocycles. The number of hydrogen-bond acceptors (Lipinski definition) is 7. The van der Waals surface area contributed by atoms with Gasteiger partial charge in [-0.15, -0.1) is 0 Å². The van der Waals surface area contributed by atoms with Gasteiger partial charge in [-0.3, -0.25) is 14.9 Å². The topological polar surface area (TPSA) is 90.9 Å². The number of nitrogens with one attached hydrogen (secondary N) is 1. The van der Waals surface area contributed by atoms with Crippen molar-refractivity contribution in [3.05, 3.63) is 65.7 Å². The lowest BCUT2D eigenvalue weighted by Gasteiger charge is -2.37. The standard InChI is InChI=1S/C29H33NO6S/c1-6-25(31)35-23-16-19-11-12-29(5,36-22(19)17-21(23)28(2,3)4)13-14-34-20-9-7-18(8-10-20)15-24-26(32)30-27(33)37-24/h6-10,16-17,24H,1,11-15H2,2-5H3,(H,30,32,33). The van der Waals surface area contributed by atoms with Gasteiger partial charge in [-0.05, 0) is 67.0 Å². The Labute approximate surface area is 221 Å². The minimum atomic E-state index is -0.477. The number of ether oxygens (including phenoxy) is 3. The smallest absolute Gasteiger partial charge is 0.335 e. The summed E-state index contributed by atoms with van der Waals surface area (Å²) in [5, 5.41) is 1.65. The Balaban J connectivity index is 1.37. The zero-order chi connectivity index (χ0) is 26.8. The van der Waals surface area contributed by atoms with E-state index in [1.165, 1.54) is 6.08 Å². The fourth-order valence-corrected chi connectivity index (χ4v) is 5.31. The van der Waals surface area contributed by atoms with Crippen molar-refractivity contribution < 1.29 is 28.6 Å². The molecule has 2 heterocycles. The van der Waals surface area contributed by atoms with Crippen molar-refractivity contribution in [1.29, 1.82) is 0 Å². The molecule has 2 atom stereocenters. The van der Waals surface area contributed by atoms with Crippen LogP contribution in [0.15, 0.2) is 49.1 Å². The molecule has 2 aliphatic rings. The molecular formula is C29H33NO6S. The van der Waals surface area contributed by atoms with E-state index in [1.807, 2.05) is 36.4 Å². The molecule has 1 fully saturated rings. The van der Waals surface area contributed by atoms with Crippen LogP contribution in [0.5, 0.6) is 17.2 Å². The molecule has 0 radical (unpaired) electrons. The largest absolute Gasteiger partial charge is 0.493 e. The average molecular weight is 524 g/mol. The van der Waals surface area contributed by atoms with Gasteiger partial charge < -0.3 is 14.2 Å². The monoisotopic (exact) mass is 523 g/mol. The summed E-state index contributed by atoms with van der Waals surface area (Å²) >= 11 is 1.03. The highest BCUT2D eigenvalue weighted by Gasteiger charge is 2.34. The van der Waals surface area contributed by atoms with E-state index < -0.39 is 5.97 Å². The van der Waals surface area contributed by atoms with Crippen LogP contribution in [-0.2, 0) is 27.8 Å². The molecule has 8 heteroatoms. The van der Waals surface area contributed by atoms with Crippen molar-refractivity contribution in [2.24, 2.45) is 0 Å². The van der Waals surface area contributed by atoms with Crippen molar-refractivity contribution in [2.75, 3.05) is 6.61 Å². The summed E-state index contributed by atoms with van der Waals surface area (Å²) in [5.41, 5.74) is 2.26. The predicted octanol–water partition coefficient (Wildman–Crippen LogP) is 5.52. The van der Waals surface area contributed by atoms with Crippen LogP contribution < -0.4 is 19.5 Å². The Hall–Kier alpha value is -3.26. The van der Waals surface area contributed by atoms with Gasteiger partial charge in [0.25, 0.3) is 5.24 Å².